The van der Waals surface area contributed by atoms with Crippen molar-refractivity contribution in [2.45, 2.75) is 24.8 Å². The van der Waals surface area contributed by atoms with Crippen molar-refractivity contribution in [1.82, 2.24) is 5.32 Å². The molecule has 1 aromatic rings. The van der Waals surface area contributed by atoms with Crippen LogP contribution in [0.4, 0.5) is 0 Å². The zero-order valence-corrected chi connectivity index (χ0v) is 9.03. The second kappa shape index (κ2) is 3.33. The van der Waals surface area contributed by atoms with Crippen LogP contribution < -0.4 is 5.32 Å². The minimum Gasteiger partial charge on any atom is -0.379 e. The van der Waals surface area contributed by atoms with E-state index in [0.717, 1.165) is 19.8 Å². The van der Waals surface area contributed by atoms with Crippen LogP contribution in [-0.4, -0.2) is 19.8 Å². The summed E-state index contributed by atoms with van der Waals surface area (Å²) in [6, 6.07) is 2.28. The molecule has 0 saturated carbocycles. The van der Waals surface area contributed by atoms with E-state index < -0.39 is 0 Å². The first-order valence-corrected chi connectivity index (χ1v) is 6.18. The minimum absolute atomic E-state index is 0.159. The number of rotatable bonds is 0. The largest absolute Gasteiger partial charge is 0.379 e. The van der Waals surface area contributed by atoms with E-state index in [2.05, 4.69) is 16.8 Å². The average molecular weight is 209 g/mol. The molecule has 1 aromatic heterocycles. The summed E-state index contributed by atoms with van der Waals surface area (Å²) in [5, 5.41) is 5.87. The van der Waals surface area contributed by atoms with Gasteiger partial charge in [0.05, 0.1) is 12.1 Å². The van der Waals surface area contributed by atoms with Gasteiger partial charge in [0, 0.05) is 18.0 Å². The molecule has 1 saturated heterocycles. The maximum absolute atomic E-state index is 5.63. The van der Waals surface area contributed by atoms with Crippen molar-refractivity contribution >= 4 is 11.3 Å². The van der Waals surface area contributed by atoms with Gasteiger partial charge in [0.1, 0.15) is 0 Å². The van der Waals surface area contributed by atoms with Crippen molar-refractivity contribution in [2.75, 3.05) is 19.8 Å². The Morgan fingerprint density at radius 2 is 2.50 bits per heavy atom. The lowest BCUT2D eigenvalue weighted by molar-refractivity contribution is 0.0156. The molecule has 1 N–H and O–H groups in total. The Labute approximate surface area is 88.3 Å². The molecule has 2 nitrogen and oxygen atoms in total. The third kappa shape index (κ3) is 1.23. The van der Waals surface area contributed by atoms with Gasteiger partial charge in [-0.05, 0) is 36.3 Å². The second-order valence-electron chi connectivity index (χ2n) is 4.17. The second-order valence-corrected chi connectivity index (χ2v) is 5.17. The molecular weight excluding hydrogens is 194 g/mol. The molecule has 3 heterocycles. The predicted octanol–water partition coefficient (Wildman–Crippen LogP) is 1.90. The number of thiophene rings is 1. The van der Waals surface area contributed by atoms with Crippen molar-refractivity contribution in [1.29, 1.82) is 0 Å². The fourth-order valence-corrected chi connectivity index (χ4v) is 3.60. The number of nitrogens with one attached hydrogen (secondary N) is 1. The molecule has 2 aliphatic heterocycles. The van der Waals surface area contributed by atoms with Gasteiger partial charge in [0.15, 0.2) is 0 Å². The fourth-order valence-electron chi connectivity index (χ4n) is 2.62. The molecule has 14 heavy (non-hydrogen) atoms. The standard InChI is InChI=1S/C11H15NOS/c1-4-11(8-13-6-1)9-3-7-14-10(9)2-5-12-11/h3,7,12H,1-2,4-6,8H2. The first-order valence-electron chi connectivity index (χ1n) is 5.30. The topological polar surface area (TPSA) is 21.3 Å². The van der Waals surface area contributed by atoms with Crippen LogP contribution in [-0.2, 0) is 16.7 Å². The molecule has 2 aliphatic rings. The van der Waals surface area contributed by atoms with Gasteiger partial charge in [-0.1, -0.05) is 0 Å². The Morgan fingerprint density at radius 3 is 3.36 bits per heavy atom. The van der Waals surface area contributed by atoms with Gasteiger partial charge < -0.3 is 10.1 Å². The van der Waals surface area contributed by atoms with Crippen LogP contribution >= 0.6 is 11.3 Å². The zero-order valence-electron chi connectivity index (χ0n) is 8.21. The lowest BCUT2D eigenvalue weighted by atomic mass is 9.82. The Kier molecular flexibility index (Phi) is 2.11. The number of hydrogen-bond donors (Lipinski definition) is 1. The van der Waals surface area contributed by atoms with E-state index in [0.29, 0.717) is 0 Å². The van der Waals surface area contributed by atoms with E-state index in [1.54, 1.807) is 4.88 Å². The Bertz CT molecular complexity index is 328. The molecule has 0 amide bonds. The summed E-state index contributed by atoms with van der Waals surface area (Å²) in [6.07, 6.45) is 3.60. The quantitative estimate of drug-likeness (QED) is 0.704. The maximum atomic E-state index is 5.63. The van der Waals surface area contributed by atoms with E-state index in [4.69, 9.17) is 4.74 Å². The molecule has 0 aromatic carbocycles. The summed E-state index contributed by atoms with van der Waals surface area (Å²) >= 11 is 1.90. The van der Waals surface area contributed by atoms with Gasteiger partial charge in [-0.2, -0.15) is 0 Å². The van der Waals surface area contributed by atoms with E-state index in [9.17, 15) is 0 Å². The summed E-state index contributed by atoms with van der Waals surface area (Å²) in [6.45, 7) is 2.90. The summed E-state index contributed by atoms with van der Waals surface area (Å²) in [5.74, 6) is 0. The molecule has 0 bridgehead atoms. The zero-order chi connectivity index (χ0) is 9.43. The maximum Gasteiger partial charge on any atom is 0.0690 e. The van der Waals surface area contributed by atoms with Crippen LogP contribution in [0, 0.1) is 0 Å². The Hall–Kier alpha value is -0.380. The van der Waals surface area contributed by atoms with Crippen LogP contribution in [0.25, 0.3) is 0 Å². The minimum atomic E-state index is 0.159. The fraction of sp³-hybridized carbons (Fsp3) is 0.636. The van der Waals surface area contributed by atoms with Crippen molar-refractivity contribution in [3.63, 3.8) is 0 Å². The molecule has 3 rings (SSSR count). The van der Waals surface area contributed by atoms with Gasteiger partial charge in [-0.3, -0.25) is 0 Å². The summed E-state index contributed by atoms with van der Waals surface area (Å²) < 4.78 is 5.63. The lowest BCUT2D eigenvalue weighted by Gasteiger charge is -2.41. The van der Waals surface area contributed by atoms with Crippen LogP contribution in [0.15, 0.2) is 11.4 Å². The van der Waals surface area contributed by atoms with Gasteiger partial charge in [-0.25, -0.2) is 0 Å². The van der Waals surface area contributed by atoms with Crippen LogP contribution in [0.5, 0.6) is 0 Å². The van der Waals surface area contributed by atoms with Gasteiger partial charge in [-0.15, -0.1) is 11.3 Å². The van der Waals surface area contributed by atoms with Gasteiger partial charge in [0.25, 0.3) is 0 Å². The first kappa shape index (κ1) is 8.89. The van der Waals surface area contributed by atoms with Crippen LogP contribution in [0.2, 0.25) is 0 Å². The Balaban J connectivity index is 2.01. The molecule has 1 spiro atoms. The monoisotopic (exact) mass is 209 g/mol. The summed E-state index contributed by atoms with van der Waals surface area (Å²) in [4.78, 5) is 1.56. The molecule has 1 fully saturated rings. The highest BCUT2D eigenvalue weighted by molar-refractivity contribution is 7.10. The third-order valence-electron chi connectivity index (χ3n) is 3.32. The van der Waals surface area contributed by atoms with Gasteiger partial charge >= 0.3 is 0 Å². The predicted molar refractivity (Wildman–Crippen MR) is 57.8 cm³/mol. The Morgan fingerprint density at radius 1 is 1.50 bits per heavy atom. The highest BCUT2D eigenvalue weighted by Crippen LogP contribution is 2.37. The number of hydrogen-bond acceptors (Lipinski definition) is 3. The van der Waals surface area contributed by atoms with Crippen molar-refractivity contribution < 1.29 is 4.74 Å². The number of ether oxygens (including phenoxy) is 1. The molecule has 1 atom stereocenters. The molecule has 76 valence electrons. The van der Waals surface area contributed by atoms with Crippen molar-refractivity contribution in [2.24, 2.45) is 0 Å². The molecule has 1 unspecified atom stereocenters. The third-order valence-corrected chi connectivity index (χ3v) is 4.30. The SMILES string of the molecule is c1cc2c(s1)CCNC21CCCOC1. The summed E-state index contributed by atoms with van der Waals surface area (Å²) in [7, 11) is 0. The van der Waals surface area contributed by atoms with E-state index in [1.165, 1.54) is 24.8 Å². The van der Waals surface area contributed by atoms with Crippen molar-refractivity contribution in [3.05, 3.63) is 21.9 Å². The molecule has 0 radical (unpaired) electrons. The molecule has 3 heteroatoms. The first-order chi connectivity index (χ1) is 6.91. The summed E-state index contributed by atoms with van der Waals surface area (Å²) in [5.41, 5.74) is 1.67. The molecule has 0 aliphatic carbocycles. The van der Waals surface area contributed by atoms with E-state index >= 15 is 0 Å². The van der Waals surface area contributed by atoms with Gasteiger partial charge in [0.2, 0.25) is 0 Å². The van der Waals surface area contributed by atoms with E-state index in [-0.39, 0.29) is 5.54 Å². The smallest absolute Gasteiger partial charge is 0.0690 e. The molecular formula is C11H15NOS. The van der Waals surface area contributed by atoms with Crippen LogP contribution in [0.3, 0.4) is 0 Å². The van der Waals surface area contributed by atoms with Crippen molar-refractivity contribution in [3.8, 4) is 0 Å². The average Bonchev–Trinajstić information content (AvgIpc) is 2.69. The normalized spacial score (nSPS) is 31.7. The lowest BCUT2D eigenvalue weighted by Crippen LogP contribution is -2.52. The highest BCUT2D eigenvalue weighted by Gasteiger charge is 2.38. The van der Waals surface area contributed by atoms with E-state index in [1.807, 2.05) is 11.3 Å². The highest BCUT2D eigenvalue weighted by atomic mass is 32.1. The van der Waals surface area contributed by atoms with Crippen LogP contribution in [0.1, 0.15) is 23.3 Å². The number of fused-ring (bicyclic) bond motifs is 2.